The zero-order valence-electron chi connectivity index (χ0n) is 11.9. The molecule has 0 saturated carbocycles. The Labute approximate surface area is 123 Å². The average Bonchev–Trinajstić information content (AvgIpc) is 2.53. The van der Waals surface area contributed by atoms with Crippen molar-refractivity contribution in [1.29, 1.82) is 0 Å². The molecule has 2 N–H and O–H groups in total. The molecule has 0 unspecified atom stereocenters. The van der Waals surface area contributed by atoms with E-state index in [9.17, 15) is 4.79 Å². The molecule has 5 nitrogen and oxygen atoms in total. The SMILES string of the molecule is COC(=O)c1cc(N)ccc1OCCCc1ccncc1. The minimum atomic E-state index is -0.452. The molecule has 0 amide bonds. The molecule has 2 aromatic rings. The maximum Gasteiger partial charge on any atom is 0.341 e. The number of hydrogen-bond donors (Lipinski definition) is 1. The van der Waals surface area contributed by atoms with Gasteiger partial charge in [0, 0.05) is 18.1 Å². The van der Waals surface area contributed by atoms with E-state index in [1.54, 1.807) is 30.6 Å². The van der Waals surface area contributed by atoms with Crippen molar-refractivity contribution < 1.29 is 14.3 Å². The average molecular weight is 286 g/mol. The van der Waals surface area contributed by atoms with Gasteiger partial charge in [-0.1, -0.05) is 0 Å². The van der Waals surface area contributed by atoms with E-state index in [0.29, 0.717) is 23.6 Å². The Bertz CT molecular complexity index is 600. The number of pyridine rings is 1. The smallest absolute Gasteiger partial charge is 0.341 e. The largest absolute Gasteiger partial charge is 0.493 e. The number of anilines is 1. The number of carbonyl (C=O) groups excluding carboxylic acids is 1. The van der Waals surface area contributed by atoms with Gasteiger partial charge in [0.15, 0.2) is 0 Å². The molecule has 1 aromatic heterocycles. The molecular formula is C16H18N2O3. The van der Waals surface area contributed by atoms with Crippen molar-refractivity contribution in [1.82, 2.24) is 4.98 Å². The summed E-state index contributed by atoms with van der Waals surface area (Å²) < 4.78 is 10.4. The Kier molecular flexibility index (Phi) is 5.15. The monoisotopic (exact) mass is 286 g/mol. The summed E-state index contributed by atoms with van der Waals surface area (Å²) in [7, 11) is 1.33. The van der Waals surface area contributed by atoms with Crippen molar-refractivity contribution in [3.8, 4) is 5.75 Å². The minimum absolute atomic E-state index is 0.349. The molecule has 0 aliphatic heterocycles. The van der Waals surface area contributed by atoms with Gasteiger partial charge < -0.3 is 15.2 Å². The van der Waals surface area contributed by atoms with Gasteiger partial charge in [-0.05, 0) is 48.7 Å². The lowest BCUT2D eigenvalue weighted by Gasteiger charge is -2.11. The highest BCUT2D eigenvalue weighted by atomic mass is 16.5. The summed E-state index contributed by atoms with van der Waals surface area (Å²) >= 11 is 0. The van der Waals surface area contributed by atoms with E-state index in [1.165, 1.54) is 12.7 Å². The summed E-state index contributed by atoms with van der Waals surface area (Å²) in [6, 6.07) is 8.90. The topological polar surface area (TPSA) is 74.4 Å². The first-order valence-electron chi connectivity index (χ1n) is 6.70. The highest BCUT2D eigenvalue weighted by Crippen LogP contribution is 2.22. The summed E-state index contributed by atoms with van der Waals surface area (Å²) in [6.45, 7) is 0.510. The summed E-state index contributed by atoms with van der Waals surface area (Å²) in [5.41, 5.74) is 7.74. The number of methoxy groups -OCH3 is 1. The molecule has 1 heterocycles. The van der Waals surface area contributed by atoms with Crippen LogP contribution in [0.15, 0.2) is 42.7 Å². The van der Waals surface area contributed by atoms with Crippen molar-refractivity contribution in [2.24, 2.45) is 0 Å². The molecule has 0 aliphatic carbocycles. The first kappa shape index (κ1) is 14.8. The second-order valence-electron chi connectivity index (χ2n) is 4.55. The second kappa shape index (κ2) is 7.28. The predicted molar refractivity (Wildman–Crippen MR) is 80.2 cm³/mol. The number of esters is 1. The number of hydrogen-bond acceptors (Lipinski definition) is 5. The number of carbonyl (C=O) groups is 1. The van der Waals surface area contributed by atoms with E-state index in [-0.39, 0.29) is 0 Å². The lowest BCUT2D eigenvalue weighted by molar-refractivity contribution is 0.0596. The van der Waals surface area contributed by atoms with Gasteiger partial charge in [0.05, 0.1) is 13.7 Å². The number of rotatable bonds is 6. The van der Waals surface area contributed by atoms with Crippen LogP contribution < -0.4 is 10.5 Å². The Morgan fingerprint density at radius 1 is 1.24 bits per heavy atom. The van der Waals surface area contributed by atoms with Crippen molar-refractivity contribution in [3.63, 3.8) is 0 Å². The van der Waals surface area contributed by atoms with Crippen LogP contribution in [0, 0.1) is 0 Å². The molecule has 0 fully saturated rings. The fourth-order valence-electron chi connectivity index (χ4n) is 1.95. The summed E-state index contributed by atoms with van der Waals surface area (Å²) in [6.07, 6.45) is 5.27. The van der Waals surface area contributed by atoms with Gasteiger partial charge in [0.1, 0.15) is 11.3 Å². The molecule has 0 atom stereocenters. The zero-order valence-corrected chi connectivity index (χ0v) is 11.9. The van der Waals surface area contributed by atoms with E-state index >= 15 is 0 Å². The Hall–Kier alpha value is -2.56. The number of nitrogen functional groups attached to an aromatic ring is 1. The number of nitrogens with two attached hydrogens (primary N) is 1. The van der Waals surface area contributed by atoms with E-state index < -0.39 is 5.97 Å². The molecule has 0 aliphatic rings. The van der Waals surface area contributed by atoms with E-state index in [4.69, 9.17) is 15.2 Å². The molecule has 0 saturated heterocycles. The van der Waals surface area contributed by atoms with Crippen molar-refractivity contribution in [2.75, 3.05) is 19.5 Å². The lowest BCUT2D eigenvalue weighted by atomic mass is 10.1. The third kappa shape index (κ3) is 4.21. The van der Waals surface area contributed by atoms with Gasteiger partial charge in [-0.25, -0.2) is 4.79 Å². The van der Waals surface area contributed by atoms with Crippen LogP contribution >= 0.6 is 0 Å². The quantitative estimate of drug-likeness (QED) is 0.501. The van der Waals surface area contributed by atoms with Crippen LogP contribution in [0.25, 0.3) is 0 Å². The predicted octanol–water partition coefficient (Wildman–Crippen LogP) is 2.46. The van der Waals surface area contributed by atoms with Crippen LogP contribution in [0.1, 0.15) is 22.3 Å². The molecule has 21 heavy (non-hydrogen) atoms. The number of ether oxygens (including phenoxy) is 2. The highest BCUT2D eigenvalue weighted by Gasteiger charge is 2.13. The number of nitrogens with zero attached hydrogens (tertiary/aromatic N) is 1. The van der Waals surface area contributed by atoms with Crippen molar-refractivity contribution in [3.05, 3.63) is 53.9 Å². The van der Waals surface area contributed by atoms with Gasteiger partial charge in [-0.3, -0.25) is 4.98 Å². The molecule has 5 heteroatoms. The van der Waals surface area contributed by atoms with Crippen LogP contribution in [0.3, 0.4) is 0 Å². The molecule has 1 aromatic carbocycles. The van der Waals surface area contributed by atoms with Crippen LogP contribution in [0.2, 0.25) is 0 Å². The molecule has 0 spiro atoms. The van der Waals surface area contributed by atoms with E-state index in [0.717, 1.165) is 12.8 Å². The van der Waals surface area contributed by atoms with Gasteiger partial charge in [-0.2, -0.15) is 0 Å². The van der Waals surface area contributed by atoms with Crippen LogP contribution in [0.5, 0.6) is 5.75 Å². The standard InChI is InChI=1S/C16H18N2O3/c1-20-16(19)14-11-13(17)4-5-15(14)21-10-2-3-12-6-8-18-9-7-12/h4-9,11H,2-3,10,17H2,1H3. The number of aryl methyl sites for hydroxylation is 1. The first-order valence-corrected chi connectivity index (χ1v) is 6.70. The summed E-state index contributed by atoms with van der Waals surface area (Å²) in [5, 5.41) is 0. The van der Waals surface area contributed by atoms with Crippen LogP contribution in [-0.4, -0.2) is 24.7 Å². The maximum absolute atomic E-state index is 11.7. The lowest BCUT2D eigenvalue weighted by Crippen LogP contribution is -2.08. The van der Waals surface area contributed by atoms with Gasteiger partial charge >= 0.3 is 5.97 Å². The van der Waals surface area contributed by atoms with Gasteiger partial charge in [0.2, 0.25) is 0 Å². The highest BCUT2D eigenvalue weighted by molar-refractivity contribution is 5.93. The Morgan fingerprint density at radius 2 is 2.00 bits per heavy atom. The third-order valence-electron chi connectivity index (χ3n) is 3.03. The number of benzene rings is 1. The zero-order chi connectivity index (χ0) is 15.1. The van der Waals surface area contributed by atoms with E-state index in [2.05, 4.69) is 4.98 Å². The second-order valence-corrected chi connectivity index (χ2v) is 4.55. The molecule has 2 rings (SSSR count). The normalized spacial score (nSPS) is 10.1. The van der Waals surface area contributed by atoms with E-state index in [1.807, 2.05) is 12.1 Å². The Balaban J connectivity index is 1.92. The van der Waals surface area contributed by atoms with Crippen LogP contribution in [0.4, 0.5) is 5.69 Å². The van der Waals surface area contributed by atoms with Crippen LogP contribution in [-0.2, 0) is 11.2 Å². The summed E-state index contributed by atoms with van der Waals surface area (Å²) in [5.74, 6) is 0.0391. The summed E-state index contributed by atoms with van der Waals surface area (Å²) in [4.78, 5) is 15.7. The molecule has 110 valence electrons. The molecular weight excluding hydrogens is 268 g/mol. The number of aromatic nitrogens is 1. The molecule has 0 bridgehead atoms. The fourth-order valence-corrected chi connectivity index (χ4v) is 1.95. The molecule has 0 radical (unpaired) electrons. The fraction of sp³-hybridized carbons (Fsp3) is 0.250. The minimum Gasteiger partial charge on any atom is -0.493 e. The van der Waals surface area contributed by atoms with Gasteiger partial charge in [-0.15, -0.1) is 0 Å². The maximum atomic E-state index is 11.7. The van der Waals surface area contributed by atoms with Crippen molar-refractivity contribution >= 4 is 11.7 Å². The third-order valence-corrected chi connectivity index (χ3v) is 3.03. The van der Waals surface area contributed by atoms with Crippen molar-refractivity contribution in [2.45, 2.75) is 12.8 Å². The Morgan fingerprint density at radius 3 is 2.71 bits per heavy atom. The van der Waals surface area contributed by atoms with Gasteiger partial charge in [0.25, 0.3) is 0 Å². The first-order chi connectivity index (χ1) is 10.2.